The first-order valence-electron chi connectivity index (χ1n) is 6.87. The van der Waals surface area contributed by atoms with Crippen LogP contribution in [0.5, 0.6) is 0 Å². The highest BCUT2D eigenvalue weighted by molar-refractivity contribution is 5.79. The molecule has 0 bridgehead atoms. The number of rotatable bonds is 2. The van der Waals surface area contributed by atoms with Crippen molar-refractivity contribution in [3.63, 3.8) is 0 Å². The number of carbonyl (C=O) groups excluding carboxylic acids is 1. The topological polar surface area (TPSA) is 41.6 Å². The van der Waals surface area contributed by atoms with E-state index in [1.165, 1.54) is 5.56 Å². The summed E-state index contributed by atoms with van der Waals surface area (Å²) >= 11 is 0. The Hall–Kier alpha value is -1.39. The highest BCUT2D eigenvalue weighted by Gasteiger charge is 2.47. The first-order valence-corrected chi connectivity index (χ1v) is 6.87. The van der Waals surface area contributed by atoms with Gasteiger partial charge in [-0.3, -0.25) is 10.1 Å². The molecule has 4 nitrogen and oxygen atoms in total. The molecule has 1 atom stereocenters. The van der Waals surface area contributed by atoms with Gasteiger partial charge in [-0.1, -0.05) is 38.1 Å². The Morgan fingerprint density at radius 3 is 2.74 bits per heavy atom. The van der Waals surface area contributed by atoms with Gasteiger partial charge in [0, 0.05) is 13.1 Å². The molecule has 2 heterocycles. The number of morpholine rings is 1. The Morgan fingerprint density at radius 2 is 2.05 bits per heavy atom. The molecular weight excluding hydrogens is 240 g/mol. The maximum Gasteiger partial charge on any atom is 0.250 e. The third-order valence-electron chi connectivity index (χ3n) is 4.11. The van der Waals surface area contributed by atoms with E-state index >= 15 is 0 Å². The predicted octanol–water partition coefficient (Wildman–Crippen LogP) is 1.42. The summed E-state index contributed by atoms with van der Waals surface area (Å²) in [6.45, 7) is 6.67. The Balaban J connectivity index is 1.96. The first-order chi connectivity index (χ1) is 9.13. The molecule has 0 aromatic heterocycles. The number of benzene rings is 1. The van der Waals surface area contributed by atoms with Crippen LogP contribution in [0.15, 0.2) is 24.3 Å². The Morgan fingerprint density at radius 1 is 1.32 bits per heavy atom. The summed E-state index contributed by atoms with van der Waals surface area (Å²) in [5.41, 5.74) is 1.97. The normalized spacial score (nSPS) is 26.9. The molecule has 0 spiro atoms. The summed E-state index contributed by atoms with van der Waals surface area (Å²) in [6.07, 6.45) is 0. The molecule has 2 aliphatic heterocycles. The summed E-state index contributed by atoms with van der Waals surface area (Å²) in [4.78, 5) is 13.9. The van der Waals surface area contributed by atoms with Crippen molar-refractivity contribution >= 4 is 5.91 Å². The zero-order chi connectivity index (χ0) is 13.5. The summed E-state index contributed by atoms with van der Waals surface area (Å²) in [5, 5.41) is 3.45. The van der Waals surface area contributed by atoms with Gasteiger partial charge in [0.1, 0.15) is 12.3 Å². The zero-order valence-electron chi connectivity index (χ0n) is 11.5. The van der Waals surface area contributed by atoms with Crippen molar-refractivity contribution in [2.45, 2.75) is 25.4 Å². The number of hydrogen-bond donors (Lipinski definition) is 1. The second kappa shape index (κ2) is 4.62. The van der Waals surface area contributed by atoms with Crippen LogP contribution in [0.3, 0.4) is 0 Å². The van der Waals surface area contributed by atoms with Crippen molar-refractivity contribution < 1.29 is 9.53 Å². The smallest absolute Gasteiger partial charge is 0.250 e. The van der Waals surface area contributed by atoms with Crippen LogP contribution in [0.25, 0.3) is 0 Å². The van der Waals surface area contributed by atoms with Gasteiger partial charge in [0.25, 0.3) is 0 Å². The molecule has 4 heteroatoms. The van der Waals surface area contributed by atoms with Crippen LogP contribution in [0.4, 0.5) is 0 Å². The molecule has 2 aliphatic rings. The van der Waals surface area contributed by atoms with Crippen molar-refractivity contribution in [3.05, 3.63) is 35.4 Å². The van der Waals surface area contributed by atoms with E-state index in [2.05, 4.69) is 43.4 Å². The molecule has 0 radical (unpaired) electrons. The van der Waals surface area contributed by atoms with E-state index in [9.17, 15) is 4.79 Å². The van der Waals surface area contributed by atoms with E-state index in [-0.39, 0.29) is 12.5 Å². The zero-order valence-corrected chi connectivity index (χ0v) is 11.5. The SMILES string of the molecule is CC(C)c1ccc(C23COCC(=O)N2CCN3)cc1. The number of nitrogens with zero attached hydrogens (tertiary/aromatic N) is 1. The average Bonchev–Trinajstić information content (AvgIpc) is 2.85. The maximum absolute atomic E-state index is 12.0. The lowest BCUT2D eigenvalue weighted by atomic mass is 9.94. The molecule has 0 saturated carbocycles. The fourth-order valence-electron chi connectivity index (χ4n) is 2.98. The Kier molecular flexibility index (Phi) is 3.07. The monoisotopic (exact) mass is 260 g/mol. The van der Waals surface area contributed by atoms with Crippen LogP contribution in [-0.2, 0) is 15.2 Å². The molecule has 3 rings (SSSR count). The van der Waals surface area contributed by atoms with Crippen molar-refractivity contribution in [3.8, 4) is 0 Å². The molecule has 1 amide bonds. The molecular formula is C15H20N2O2. The minimum absolute atomic E-state index is 0.0733. The molecule has 0 aliphatic carbocycles. The van der Waals surface area contributed by atoms with E-state index in [0.717, 1.165) is 18.7 Å². The van der Waals surface area contributed by atoms with E-state index in [0.29, 0.717) is 12.5 Å². The largest absolute Gasteiger partial charge is 0.367 e. The third kappa shape index (κ3) is 1.95. The fourth-order valence-corrected chi connectivity index (χ4v) is 2.98. The maximum atomic E-state index is 12.0. The van der Waals surface area contributed by atoms with E-state index in [1.54, 1.807) is 0 Å². The van der Waals surface area contributed by atoms with Crippen LogP contribution in [0.1, 0.15) is 30.9 Å². The van der Waals surface area contributed by atoms with Gasteiger partial charge in [-0.05, 0) is 17.0 Å². The second-order valence-corrected chi connectivity index (χ2v) is 5.60. The van der Waals surface area contributed by atoms with Gasteiger partial charge < -0.3 is 9.64 Å². The van der Waals surface area contributed by atoms with Crippen LogP contribution in [-0.4, -0.2) is 37.1 Å². The highest BCUT2D eigenvalue weighted by Crippen LogP contribution is 2.33. The minimum atomic E-state index is -0.454. The second-order valence-electron chi connectivity index (χ2n) is 5.60. The number of hydrogen-bond acceptors (Lipinski definition) is 3. The lowest BCUT2D eigenvalue weighted by molar-refractivity contribution is -0.156. The lowest BCUT2D eigenvalue weighted by Crippen LogP contribution is -2.58. The molecule has 1 unspecified atom stereocenters. The molecule has 102 valence electrons. The van der Waals surface area contributed by atoms with Gasteiger partial charge in [0.05, 0.1) is 6.61 Å². The lowest BCUT2D eigenvalue weighted by Gasteiger charge is -2.41. The van der Waals surface area contributed by atoms with E-state index < -0.39 is 5.66 Å². The summed E-state index contributed by atoms with van der Waals surface area (Å²) < 4.78 is 5.48. The van der Waals surface area contributed by atoms with Gasteiger partial charge >= 0.3 is 0 Å². The van der Waals surface area contributed by atoms with Gasteiger partial charge in [-0.2, -0.15) is 0 Å². The molecule has 2 fully saturated rings. The van der Waals surface area contributed by atoms with Crippen LogP contribution >= 0.6 is 0 Å². The van der Waals surface area contributed by atoms with Crippen molar-refractivity contribution in [1.82, 2.24) is 10.2 Å². The van der Waals surface area contributed by atoms with Crippen molar-refractivity contribution in [2.24, 2.45) is 0 Å². The van der Waals surface area contributed by atoms with Gasteiger partial charge in [0.15, 0.2) is 0 Å². The highest BCUT2D eigenvalue weighted by atomic mass is 16.5. The minimum Gasteiger partial charge on any atom is -0.367 e. The summed E-state index contributed by atoms with van der Waals surface area (Å²) in [6, 6.07) is 8.52. The number of fused-ring (bicyclic) bond motifs is 1. The van der Waals surface area contributed by atoms with Crippen LogP contribution < -0.4 is 5.32 Å². The molecule has 1 aromatic rings. The van der Waals surface area contributed by atoms with Crippen LogP contribution in [0.2, 0.25) is 0 Å². The Labute approximate surface area is 113 Å². The molecule has 1 N–H and O–H groups in total. The molecule has 2 saturated heterocycles. The first kappa shape index (κ1) is 12.6. The van der Waals surface area contributed by atoms with Gasteiger partial charge in [0.2, 0.25) is 5.91 Å². The van der Waals surface area contributed by atoms with Gasteiger partial charge in [-0.25, -0.2) is 0 Å². The third-order valence-corrected chi connectivity index (χ3v) is 4.11. The Bertz CT molecular complexity index is 483. The van der Waals surface area contributed by atoms with Gasteiger partial charge in [-0.15, -0.1) is 0 Å². The average molecular weight is 260 g/mol. The van der Waals surface area contributed by atoms with E-state index in [4.69, 9.17) is 4.74 Å². The number of carbonyl (C=O) groups is 1. The fraction of sp³-hybridized carbons (Fsp3) is 0.533. The number of nitrogens with one attached hydrogen (secondary N) is 1. The van der Waals surface area contributed by atoms with Crippen LogP contribution in [0, 0.1) is 0 Å². The summed E-state index contributed by atoms with van der Waals surface area (Å²) in [5.74, 6) is 0.590. The number of amides is 1. The standard InChI is InChI=1S/C15H20N2O2/c1-11(2)12-3-5-13(6-4-12)15-10-19-9-14(18)17(15)8-7-16-15/h3-6,11,16H,7-10H2,1-2H3. The number of ether oxygens (including phenoxy) is 1. The molecule has 1 aromatic carbocycles. The van der Waals surface area contributed by atoms with E-state index in [1.807, 2.05) is 4.90 Å². The molecule has 19 heavy (non-hydrogen) atoms. The quantitative estimate of drug-likeness (QED) is 0.874. The van der Waals surface area contributed by atoms with Crippen molar-refractivity contribution in [1.29, 1.82) is 0 Å². The summed E-state index contributed by atoms with van der Waals surface area (Å²) in [7, 11) is 0. The predicted molar refractivity (Wildman–Crippen MR) is 72.7 cm³/mol. The van der Waals surface area contributed by atoms with Crippen molar-refractivity contribution in [2.75, 3.05) is 26.3 Å².